The first-order chi connectivity index (χ1) is 12.0. The van der Waals surface area contributed by atoms with Gasteiger partial charge >= 0.3 is 0 Å². The van der Waals surface area contributed by atoms with Crippen LogP contribution in [0.2, 0.25) is 0 Å². The minimum Gasteiger partial charge on any atom is -0.484 e. The molecule has 2 aromatic carbocycles. The van der Waals surface area contributed by atoms with E-state index in [4.69, 9.17) is 9.15 Å². The summed E-state index contributed by atoms with van der Waals surface area (Å²) >= 11 is 1.20. The Morgan fingerprint density at radius 1 is 1.16 bits per heavy atom. The Kier molecular flexibility index (Phi) is 5.33. The molecule has 0 N–H and O–H groups in total. The van der Waals surface area contributed by atoms with Crippen molar-refractivity contribution in [2.45, 2.75) is 30.9 Å². The highest BCUT2D eigenvalue weighted by Crippen LogP contribution is 2.35. The minimum atomic E-state index is -0.605. The number of ether oxygens (including phenoxy) is 1. The molecule has 25 heavy (non-hydrogen) atoms. The van der Waals surface area contributed by atoms with Crippen LogP contribution in [0.1, 0.15) is 29.2 Å². The second-order valence-corrected chi connectivity index (χ2v) is 6.78. The molecule has 7 heteroatoms. The lowest BCUT2D eigenvalue weighted by Gasteiger charge is -2.09. The molecule has 3 aromatic rings. The van der Waals surface area contributed by atoms with E-state index in [0.29, 0.717) is 22.4 Å². The number of aromatic nitrogens is 2. The van der Waals surface area contributed by atoms with Crippen LogP contribution in [-0.2, 0) is 6.61 Å². The molecule has 0 saturated heterocycles. The third-order valence-electron chi connectivity index (χ3n) is 3.48. The summed E-state index contributed by atoms with van der Waals surface area (Å²) in [4.78, 5) is 0. The Bertz CT molecular complexity index is 870. The van der Waals surface area contributed by atoms with Gasteiger partial charge in [-0.1, -0.05) is 30.0 Å². The molecule has 0 bridgehead atoms. The largest absolute Gasteiger partial charge is 0.484 e. The lowest BCUT2D eigenvalue weighted by atomic mass is 10.1. The van der Waals surface area contributed by atoms with Gasteiger partial charge in [0.15, 0.2) is 6.61 Å². The summed E-state index contributed by atoms with van der Waals surface area (Å²) in [7, 11) is 0. The van der Waals surface area contributed by atoms with Gasteiger partial charge in [-0.3, -0.25) is 0 Å². The average molecular weight is 362 g/mol. The zero-order valence-electron chi connectivity index (χ0n) is 13.7. The van der Waals surface area contributed by atoms with E-state index >= 15 is 0 Å². The fourth-order valence-corrected chi connectivity index (χ4v) is 3.09. The summed E-state index contributed by atoms with van der Waals surface area (Å²) in [6.45, 7) is 3.91. The monoisotopic (exact) mass is 362 g/mol. The van der Waals surface area contributed by atoms with Crippen molar-refractivity contribution in [2.75, 3.05) is 0 Å². The average Bonchev–Trinajstić information content (AvgIpc) is 3.00. The molecule has 0 aliphatic heterocycles. The summed E-state index contributed by atoms with van der Waals surface area (Å²) in [5, 5.41) is 7.85. The highest BCUT2D eigenvalue weighted by atomic mass is 32.2. The first kappa shape index (κ1) is 17.4. The summed E-state index contributed by atoms with van der Waals surface area (Å²) < 4.78 is 37.9. The number of hydrogen-bond acceptors (Lipinski definition) is 5. The Labute approximate surface area is 148 Å². The lowest BCUT2D eigenvalue weighted by molar-refractivity contribution is 0.252. The van der Waals surface area contributed by atoms with Gasteiger partial charge in [-0.15, -0.1) is 10.2 Å². The summed E-state index contributed by atoms with van der Waals surface area (Å²) in [6.07, 6.45) is 0. The number of rotatable bonds is 6. The van der Waals surface area contributed by atoms with Crippen LogP contribution in [0.3, 0.4) is 0 Å². The Balaban J connectivity index is 1.61. The van der Waals surface area contributed by atoms with Crippen molar-refractivity contribution in [3.8, 4) is 5.75 Å². The van der Waals surface area contributed by atoms with E-state index in [0.717, 1.165) is 11.6 Å². The van der Waals surface area contributed by atoms with Crippen molar-refractivity contribution in [3.63, 3.8) is 0 Å². The van der Waals surface area contributed by atoms with Crippen LogP contribution >= 0.6 is 11.8 Å². The summed E-state index contributed by atoms with van der Waals surface area (Å²) in [5.74, 6) is -0.153. The standard InChI is InChI=1S/C18H16F2N2O2S/c1-11-4-3-5-14(8-11)23-10-17-21-22-18(24-17)25-12(2)15-7-6-13(19)9-16(15)20/h3-9,12H,10H2,1-2H3. The number of aryl methyl sites for hydroxylation is 1. The van der Waals surface area contributed by atoms with E-state index in [2.05, 4.69) is 10.2 Å². The molecular formula is C18H16F2N2O2S. The van der Waals surface area contributed by atoms with E-state index in [1.54, 1.807) is 6.92 Å². The number of benzene rings is 2. The molecule has 1 unspecified atom stereocenters. The van der Waals surface area contributed by atoms with Crippen LogP contribution in [0, 0.1) is 18.6 Å². The van der Waals surface area contributed by atoms with Crippen molar-refractivity contribution in [1.29, 1.82) is 0 Å². The predicted molar refractivity (Wildman–Crippen MR) is 90.4 cm³/mol. The maximum absolute atomic E-state index is 13.8. The molecule has 1 aromatic heterocycles. The second kappa shape index (κ2) is 7.65. The van der Waals surface area contributed by atoms with Crippen LogP contribution in [0.15, 0.2) is 52.1 Å². The predicted octanol–water partition coefficient (Wildman–Crippen LogP) is 5.09. The molecule has 1 atom stereocenters. The molecule has 0 aliphatic rings. The highest BCUT2D eigenvalue weighted by Gasteiger charge is 2.17. The zero-order valence-corrected chi connectivity index (χ0v) is 14.5. The second-order valence-electron chi connectivity index (χ2n) is 5.49. The summed E-state index contributed by atoms with van der Waals surface area (Å²) in [6, 6.07) is 11.1. The van der Waals surface area contributed by atoms with Gasteiger partial charge in [0.1, 0.15) is 17.4 Å². The lowest BCUT2D eigenvalue weighted by Crippen LogP contribution is -1.95. The molecule has 0 spiro atoms. The molecule has 1 heterocycles. The van der Waals surface area contributed by atoms with Crippen molar-refractivity contribution in [1.82, 2.24) is 10.2 Å². The minimum absolute atomic E-state index is 0.149. The van der Waals surface area contributed by atoms with E-state index in [9.17, 15) is 8.78 Å². The quantitative estimate of drug-likeness (QED) is 0.572. The van der Waals surface area contributed by atoms with Crippen LogP contribution in [-0.4, -0.2) is 10.2 Å². The molecule has 0 fully saturated rings. The summed E-state index contributed by atoms with van der Waals surface area (Å²) in [5.41, 5.74) is 1.47. The molecular weight excluding hydrogens is 346 g/mol. The molecule has 0 saturated carbocycles. The molecule has 0 amide bonds. The van der Waals surface area contributed by atoms with Gasteiger partial charge in [-0.05, 0) is 37.6 Å². The molecule has 0 radical (unpaired) electrons. The fraction of sp³-hybridized carbons (Fsp3) is 0.222. The number of halogens is 2. The van der Waals surface area contributed by atoms with Crippen LogP contribution in [0.5, 0.6) is 5.75 Å². The Morgan fingerprint density at radius 2 is 2.00 bits per heavy atom. The van der Waals surface area contributed by atoms with Gasteiger partial charge in [0.25, 0.3) is 11.1 Å². The van der Waals surface area contributed by atoms with Gasteiger partial charge in [0.2, 0.25) is 0 Å². The Morgan fingerprint density at radius 3 is 2.76 bits per heavy atom. The van der Waals surface area contributed by atoms with E-state index < -0.39 is 11.6 Å². The highest BCUT2D eigenvalue weighted by molar-refractivity contribution is 7.99. The first-order valence-corrected chi connectivity index (χ1v) is 8.52. The third kappa shape index (κ3) is 4.57. The molecule has 3 rings (SSSR count). The number of nitrogens with zero attached hydrogens (tertiary/aromatic N) is 2. The van der Waals surface area contributed by atoms with E-state index in [-0.39, 0.29) is 11.9 Å². The van der Waals surface area contributed by atoms with Crippen LogP contribution in [0.25, 0.3) is 0 Å². The van der Waals surface area contributed by atoms with Gasteiger partial charge in [0.05, 0.1) is 0 Å². The van der Waals surface area contributed by atoms with E-state index in [1.165, 1.54) is 23.9 Å². The smallest absolute Gasteiger partial charge is 0.277 e. The van der Waals surface area contributed by atoms with Crippen molar-refractivity contribution in [2.24, 2.45) is 0 Å². The first-order valence-electron chi connectivity index (χ1n) is 7.65. The van der Waals surface area contributed by atoms with Crippen molar-refractivity contribution < 1.29 is 17.9 Å². The van der Waals surface area contributed by atoms with Crippen LogP contribution in [0.4, 0.5) is 8.78 Å². The van der Waals surface area contributed by atoms with Crippen LogP contribution < -0.4 is 4.74 Å². The van der Waals surface area contributed by atoms with Crippen molar-refractivity contribution in [3.05, 3.63) is 71.1 Å². The van der Waals surface area contributed by atoms with Gasteiger partial charge in [-0.2, -0.15) is 0 Å². The molecule has 0 aliphatic carbocycles. The normalized spacial score (nSPS) is 12.2. The van der Waals surface area contributed by atoms with Gasteiger partial charge in [0, 0.05) is 16.9 Å². The fourth-order valence-electron chi connectivity index (χ4n) is 2.24. The van der Waals surface area contributed by atoms with Crippen molar-refractivity contribution >= 4 is 11.8 Å². The molecule has 4 nitrogen and oxygen atoms in total. The topological polar surface area (TPSA) is 48.2 Å². The number of thioether (sulfide) groups is 1. The SMILES string of the molecule is Cc1cccc(OCc2nnc(SC(C)c3ccc(F)cc3F)o2)c1. The maximum atomic E-state index is 13.8. The van der Waals surface area contributed by atoms with Gasteiger partial charge < -0.3 is 9.15 Å². The van der Waals surface area contributed by atoms with E-state index in [1.807, 2.05) is 31.2 Å². The zero-order chi connectivity index (χ0) is 17.8. The third-order valence-corrected chi connectivity index (χ3v) is 4.45. The number of hydrogen-bond donors (Lipinski definition) is 0. The maximum Gasteiger partial charge on any atom is 0.277 e. The van der Waals surface area contributed by atoms with Gasteiger partial charge in [-0.25, -0.2) is 8.78 Å². The Hall–Kier alpha value is -2.41. The molecule has 130 valence electrons.